The van der Waals surface area contributed by atoms with E-state index in [1.807, 2.05) is 46.0 Å². The Kier molecular flexibility index (Phi) is 5.75. The molecule has 1 atom stereocenters. The summed E-state index contributed by atoms with van der Waals surface area (Å²) in [6.45, 7) is 10.4. The zero-order valence-electron chi connectivity index (χ0n) is 13.5. The second kappa shape index (κ2) is 6.89. The van der Waals surface area contributed by atoms with Crippen LogP contribution in [0.15, 0.2) is 30.3 Å². The van der Waals surface area contributed by atoms with E-state index in [0.29, 0.717) is 12.5 Å². The molecule has 3 nitrogen and oxygen atoms in total. The number of hydrogen-bond donors (Lipinski definition) is 0. The number of hydrogen-bond acceptors (Lipinski definition) is 3. The molecule has 112 valence electrons. The van der Waals surface area contributed by atoms with E-state index in [4.69, 9.17) is 4.74 Å². The Hall–Kier alpha value is -1.35. The molecule has 0 fully saturated rings. The van der Waals surface area contributed by atoms with Gasteiger partial charge in [-0.15, -0.1) is 0 Å². The van der Waals surface area contributed by atoms with Crippen LogP contribution in [-0.2, 0) is 9.53 Å². The van der Waals surface area contributed by atoms with Crippen molar-refractivity contribution in [2.45, 2.75) is 46.2 Å². The summed E-state index contributed by atoms with van der Waals surface area (Å²) < 4.78 is 5.21. The van der Waals surface area contributed by atoms with Gasteiger partial charge in [0.1, 0.15) is 5.54 Å². The third-order valence-electron chi connectivity index (χ3n) is 3.85. The van der Waals surface area contributed by atoms with Crippen molar-refractivity contribution in [3.8, 4) is 0 Å². The first kappa shape index (κ1) is 16.7. The van der Waals surface area contributed by atoms with E-state index in [1.165, 1.54) is 5.56 Å². The fourth-order valence-corrected chi connectivity index (χ4v) is 2.51. The molecular weight excluding hydrogens is 250 g/mol. The average Bonchev–Trinajstić information content (AvgIpc) is 2.39. The highest BCUT2D eigenvalue weighted by atomic mass is 16.5. The van der Waals surface area contributed by atoms with E-state index in [-0.39, 0.29) is 12.0 Å². The summed E-state index contributed by atoms with van der Waals surface area (Å²) in [6.07, 6.45) is 0. The Morgan fingerprint density at radius 1 is 1.25 bits per heavy atom. The lowest BCUT2D eigenvalue weighted by molar-refractivity contribution is -0.157. The monoisotopic (exact) mass is 277 g/mol. The van der Waals surface area contributed by atoms with Crippen molar-refractivity contribution in [3.05, 3.63) is 35.9 Å². The number of carbonyl (C=O) groups excluding carboxylic acids is 1. The molecule has 0 aromatic heterocycles. The van der Waals surface area contributed by atoms with Crippen molar-refractivity contribution in [1.29, 1.82) is 0 Å². The van der Waals surface area contributed by atoms with Crippen molar-refractivity contribution in [1.82, 2.24) is 4.90 Å². The van der Waals surface area contributed by atoms with Crippen LogP contribution in [0.25, 0.3) is 0 Å². The Morgan fingerprint density at radius 2 is 1.80 bits per heavy atom. The van der Waals surface area contributed by atoms with Crippen molar-refractivity contribution in [3.63, 3.8) is 0 Å². The number of benzene rings is 1. The molecule has 3 heteroatoms. The minimum absolute atomic E-state index is 0.176. The van der Waals surface area contributed by atoms with Gasteiger partial charge in [-0.1, -0.05) is 44.2 Å². The van der Waals surface area contributed by atoms with Gasteiger partial charge >= 0.3 is 5.97 Å². The maximum atomic E-state index is 12.2. The molecule has 0 saturated heterocycles. The molecule has 0 N–H and O–H groups in total. The Balaban J connectivity index is 3.06. The van der Waals surface area contributed by atoms with Crippen LogP contribution < -0.4 is 0 Å². The molecule has 1 rings (SSSR count). The molecule has 0 radical (unpaired) electrons. The van der Waals surface area contributed by atoms with Gasteiger partial charge in [0.2, 0.25) is 0 Å². The molecule has 1 aromatic carbocycles. The summed E-state index contributed by atoms with van der Waals surface area (Å²) in [5, 5.41) is 0. The van der Waals surface area contributed by atoms with E-state index < -0.39 is 5.54 Å². The second-order valence-electron chi connectivity index (χ2n) is 5.99. The summed E-state index contributed by atoms with van der Waals surface area (Å²) in [4.78, 5) is 14.3. The van der Waals surface area contributed by atoms with Crippen LogP contribution in [0.2, 0.25) is 0 Å². The van der Waals surface area contributed by atoms with E-state index in [0.717, 1.165) is 0 Å². The van der Waals surface area contributed by atoms with Crippen LogP contribution in [0.5, 0.6) is 0 Å². The Labute approximate surface area is 122 Å². The number of rotatable bonds is 6. The first-order chi connectivity index (χ1) is 9.32. The highest BCUT2D eigenvalue weighted by Crippen LogP contribution is 2.33. The number of nitrogens with zero attached hydrogens (tertiary/aromatic N) is 1. The highest BCUT2D eigenvalue weighted by Gasteiger charge is 2.39. The topological polar surface area (TPSA) is 29.5 Å². The Bertz CT molecular complexity index is 426. The van der Waals surface area contributed by atoms with E-state index >= 15 is 0 Å². The van der Waals surface area contributed by atoms with Crippen molar-refractivity contribution < 1.29 is 9.53 Å². The van der Waals surface area contributed by atoms with Crippen molar-refractivity contribution in [2.24, 2.45) is 5.92 Å². The first-order valence-electron chi connectivity index (χ1n) is 7.27. The molecule has 0 spiro atoms. The van der Waals surface area contributed by atoms with Gasteiger partial charge in [-0.05, 0) is 39.3 Å². The first-order valence-corrected chi connectivity index (χ1v) is 7.27. The normalized spacial score (nSPS) is 13.6. The van der Waals surface area contributed by atoms with Crippen LogP contribution in [-0.4, -0.2) is 30.1 Å². The molecule has 0 aliphatic heterocycles. The summed E-state index contributed by atoms with van der Waals surface area (Å²) in [5.74, 6) is 0.222. The van der Waals surface area contributed by atoms with Gasteiger partial charge in [0.25, 0.3) is 0 Å². The van der Waals surface area contributed by atoms with E-state index in [2.05, 4.69) is 30.9 Å². The molecule has 1 aromatic rings. The quantitative estimate of drug-likeness (QED) is 0.743. The number of esters is 1. The second-order valence-corrected chi connectivity index (χ2v) is 5.99. The number of carbonyl (C=O) groups is 1. The van der Waals surface area contributed by atoms with Gasteiger partial charge in [0.15, 0.2) is 0 Å². The largest absolute Gasteiger partial charge is 0.465 e. The molecule has 0 amide bonds. The minimum atomic E-state index is -0.652. The lowest BCUT2D eigenvalue weighted by atomic mass is 9.90. The zero-order chi connectivity index (χ0) is 15.3. The van der Waals surface area contributed by atoms with Crippen LogP contribution in [0.1, 0.15) is 46.2 Å². The van der Waals surface area contributed by atoms with E-state index in [1.54, 1.807) is 0 Å². The molecular formula is C17H27NO2. The van der Waals surface area contributed by atoms with Gasteiger partial charge in [0.05, 0.1) is 6.61 Å². The highest BCUT2D eigenvalue weighted by molar-refractivity contribution is 5.79. The van der Waals surface area contributed by atoms with Gasteiger partial charge in [-0.3, -0.25) is 9.69 Å². The number of ether oxygens (including phenoxy) is 1. The van der Waals surface area contributed by atoms with Gasteiger partial charge in [-0.2, -0.15) is 0 Å². The predicted octanol–water partition coefficient (Wildman–Crippen LogP) is 3.66. The van der Waals surface area contributed by atoms with Gasteiger partial charge in [-0.25, -0.2) is 0 Å². The van der Waals surface area contributed by atoms with Crippen LogP contribution in [0.4, 0.5) is 0 Å². The number of likely N-dealkylation sites (N-methyl/N-ethyl adjacent to an activating group) is 1. The standard InChI is InChI=1S/C17H27NO2/c1-7-20-16(19)17(4,5)18(6)15(13(2)3)14-11-9-8-10-12-14/h8-13,15H,7H2,1-6H3. The molecule has 0 saturated carbocycles. The van der Waals surface area contributed by atoms with Gasteiger partial charge in [0, 0.05) is 6.04 Å². The smallest absolute Gasteiger partial charge is 0.325 e. The van der Waals surface area contributed by atoms with E-state index in [9.17, 15) is 4.79 Å². The van der Waals surface area contributed by atoms with Crippen molar-refractivity contribution in [2.75, 3.05) is 13.7 Å². The van der Waals surface area contributed by atoms with Gasteiger partial charge < -0.3 is 4.74 Å². The summed E-state index contributed by atoms with van der Waals surface area (Å²) in [7, 11) is 1.99. The molecule has 0 heterocycles. The average molecular weight is 277 g/mol. The lowest BCUT2D eigenvalue weighted by Crippen LogP contribution is -2.51. The summed E-state index contributed by atoms with van der Waals surface area (Å²) in [6, 6.07) is 10.5. The van der Waals surface area contributed by atoms with Crippen LogP contribution in [0, 0.1) is 5.92 Å². The molecule has 1 unspecified atom stereocenters. The maximum absolute atomic E-state index is 12.2. The Morgan fingerprint density at radius 3 is 2.25 bits per heavy atom. The van der Waals surface area contributed by atoms with Crippen LogP contribution >= 0.6 is 0 Å². The molecule has 0 bridgehead atoms. The fraction of sp³-hybridized carbons (Fsp3) is 0.588. The third-order valence-corrected chi connectivity index (χ3v) is 3.85. The molecule has 0 aliphatic rings. The van der Waals surface area contributed by atoms with Crippen molar-refractivity contribution >= 4 is 5.97 Å². The fourth-order valence-electron chi connectivity index (χ4n) is 2.51. The predicted molar refractivity (Wildman–Crippen MR) is 82.5 cm³/mol. The minimum Gasteiger partial charge on any atom is -0.465 e. The molecule has 0 aliphatic carbocycles. The molecule has 20 heavy (non-hydrogen) atoms. The summed E-state index contributed by atoms with van der Waals surface area (Å²) >= 11 is 0. The van der Waals surface area contributed by atoms with Crippen LogP contribution in [0.3, 0.4) is 0 Å². The SMILES string of the molecule is CCOC(=O)C(C)(C)N(C)C(c1ccccc1)C(C)C. The zero-order valence-corrected chi connectivity index (χ0v) is 13.5. The lowest BCUT2D eigenvalue weighted by Gasteiger charge is -2.41. The maximum Gasteiger partial charge on any atom is 0.325 e. The third kappa shape index (κ3) is 3.60. The summed E-state index contributed by atoms with van der Waals surface area (Å²) in [5.41, 5.74) is 0.572.